The predicted octanol–water partition coefficient (Wildman–Crippen LogP) is 1.65. The maximum Gasteiger partial charge on any atom is 0.214 e. The fraction of sp³-hybridized carbons (Fsp3) is 0.357. The van der Waals surface area contributed by atoms with Gasteiger partial charge < -0.3 is 15.8 Å². The normalized spacial score (nSPS) is 14.3. The number of fused-ring (bicyclic) bond motifs is 1. The van der Waals surface area contributed by atoms with Gasteiger partial charge in [0, 0.05) is 5.39 Å². The van der Waals surface area contributed by atoms with Gasteiger partial charge in [-0.05, 0) is 32.3 Å². The summed E-state index contributed by atoms with van der Waals surface area (Å²) in [7, 11) is -0.877. The van der Waals surface area contributed by atoms with E-state index in [1.807, 2.05) is 0 Å². The third-order valence-electron chi connectivity index (χ3n) is 3.53. The Kier molecular flexibility index (Phi) is 5.33. The Morgan fingerprint density at radius 1 is 1.50 bits per heavy atom. The Bertz CT molecular complexity index is 882. The first-order valence-corrected chi connectivity index (χ1v) is 9.75. The molecule has 0 aliphatic carbocycles. The molecule has 1 heterocycles. The minimum atomic E-state index is -3.66. The number of thiocarbonyl (C=S) groups is 1. The van der Waals surface area contributed by atoms with Crippen molar-refractivity contribution in [3.63, 3.8) is 0 Å². The van der Waals surface area contributed by atoms with Crippen LogP contribution in [0.25, 0.3) is 10.1 Å². The van der Waals surface area contributed by atoms with Crippen molar-refractivity contribution in [2.45, 2.75) is 12.5 Å². The second-order valence-corrected chi connectivity index (χ2v) is 8.75. The maximum atomic E-state index is 15.0. The van der Waals surface area contributed by atoms with Gasteiger partial charge in [-0.15, -0.1) is 11.3 Å². The van der Waals surface area contributed by atoms with Gasteiger partial charge in [-0.25, -0.2) is 17.5 Å². The second-order valence-electron chi connectivity index (χ2n) is 5.37. The van der Waals surface area contributed by atoms with E-state index in [0.717, 1.165) is 11.3 Å². The third-order valence-corrected chi connectivity index (χ3v) is 6.67. The quantitative estimate of drug-likeness (QED) is 0.649. The lowest BCUT2D eigenvalue weighted by molar-refractivity contribution is 0.420. The number of hydrogen-bond acceptors (Lipinski definition) is 5. The van der Waals surface area contributed by atoms with Crippen LogP contribution in [-0.4, -0.2) is 33.4 Å². The molecule has 0 spiro atoms. The van der Waals surface area contributed by atoms with Gasteiger partial charge in [0.15, 0.2) is 5.11 Å². The molecule has 0 saturated heterocycles. The third kappa shape index (κ3) is 3.61. The van der Waals surface area contributed by atoms with E-state index in [1.54, 1.807) is 25.1 Å². The van der Waals surface area contributed by atoms with E-state index >= 15 is 0 Å². The summed E-state index contributed by atoms with van der Waals surface area (Å²) in [5.41, 5.74) is 4.21. The predicted molar refractivity (Wildman–Crippen MR) is 98.5 cm³/mol. The molecule has 0 saturated carbocycles. The highest BCUT2D eigenvalue weighted by Gasteiger charge is 2.37. The lowest BCUT2D eigenvalue weighted by Crippen LogP contribution is -2.51. The average molecular weight is 392 g/mol. The average Bonchev–Trinajstić information content (AvgIpc) is 2.84. The smallest absolute Gasteiger partial charge is 0.214 e. The Labute approximate surface area is 149 Å². The highest BCUT2D eigenvalue weighted by molar-refractivity contribution is 7.89. The lowest BCUT2D eigenvalue weighted by Gasteiger charge is -2.29. The molecule has 1 aromatic carbocycles. The Balaban J connectivity index is 2.68. The number of rotatable bonds is 6. The van der Waals surface area contributed by atoms with Crippen LogP contribution in [0.1, 0.15) is 11.8 Å². The van der Waals surface area contributed by atoms with Crippen molar-refractivity contribution < 1.29 is 17.5 Å². The number of benzene rings is 1. The molecule has 1 aromatic heterocycles. The molecule has 4 N–H and O–H groups in total. The van der Waals surface area contributed by atoms with Gasteiger partial charge in [0.1, 0.15) is 11.6 Å². The molecule has 1 atom stereocenters. The molecule has 2 aromatic rings. The van der Waals surface area contributed by atoms with Crippen LogP contribution < -0.4 is 20.5 Å². The van der Waals surface area contributed by atoms with E-state index in [1.165, 1.54) is 14.2 Å². The van der Waals surface area contributed by atoms with Crippen LogP contribution in [0.5, 0.6) is 5.75 Å². The van der Waals surface area contributed by atoms with Gasteiger partial charge in [-0.1, -0.05) is 12.1 Å². The first kappa shape index (κ1) is 18.8. The number of hydrogen-bond donors (Lipinski definition) is 3. The van der Waals surface area contributed by atoms with Gasteiger partial charge in [0.2, 0.25) is 10.0 Å². The number of nitrogens with two attached hydrogens (primary N) is 1. The number of nitrogens with one attached hydrogen (secondary N) is 2. The number of ether oxygens (including phenoxy) is 1. The van der Waals surface area contributed by atoms with E-state index in [-0.39, 0.29) is 9.99 Å². The summed E-state index contributed by atoms with van der Waals surface area (Å²) in [6, 6.07) is 5.00. The minimum Gasteiger partial charge on any atom is -0.495 e. The van der Waals surface area contributed by atoms with E-state index in [0.29, 0.717) is 15.8 Å². The molecule has 0 aliphatic heterocycles. The van der Waals surface area contributed by atoms with Gasteiger partial charge in [-0.2, -0.15) is 0 Å². The van der Waals surface area contributed by atoms with Gasteiger partial charge in [0.25, 0.3) is 0 Å². The highest BCUT2D eigenvalue weighted by atomic mass is 32.2. The first-order valence-electron chi connectivity index (χ1n) is 6.88. The zero-order valence-corrected chi connectivity index (χ0v) is 15.8. The van der Waals surface area contributed by atoms with Gasteiger partial charge in [0.05, 0.1) is 28.0 Å². The van der Waals surface area contributed by atoms with Crippen molar-refractivity contribution >= 4 is 48.8 Å². The fourth-order valence-electron chi connectivity index (χ4n) is 2.46. The molecular weight excluding hydrogens is 373 g/mol. The van der Waals surface area contributed by atoms with Crippen LogP contribution in [0, 0.1) is 5.82 Å². The van der Waals surface area contributed by atoms with Crippen LogP contribution in [-0.2, 0) is 15.6 Å². The molecule has 0 amide bonds. The molecule has 1 unspecified atom stereocenters. The SMILES string of the molecule is CNS(=O)(=O)CC(C)(NC(N)=S)c1sc2c(OC)cccc2c1F. The van der Waals surface area contributed by atoms with Crippen molar-refractivity contribution in [3.05, 3.63) is 28.9 Å². The number of thiophene rings is 1. The van der Waals surface area contributed by atoms with E-state index < -0.39 is 27.1 Å². The summed E-state index contributed by atoms with van der Waals surface area (Å²) in [5.74, 6) is -0.442. The lowest BCUT2D eigenvalue weighted by atomic mass is 10.0. The molecule has 0 radical (unpaired) electrons. The Morgan fingerprint density at radius 3 is 2.71 bits per heavy atom. The summed E-state index contributed by atoms with van der Waals surface area (Å²) in [4.78, 5) is 0.189. The molecule has 0 fully saturated rings. The second kappa shape index (κ2) is 6.79. The van der Waals surface area contributed by atoms with Crippen LogP contribution in [0.2, 0.25) is 0 Å². The molecule has 10 heteroatoms. The summed E-state index contributed by atoms with van der Waals surface area (Å²) >= 11 is 5.96. The zero-order valence-electron chi connectivity index (χ0n) is 13.3. The molecule has 24 heavy (non-hydrogen) atoms. The standard InChI is InChI=1S/C14H18FN3O3S3/c1-14(18-13(16)22,7-24(19,20)17-2)12-10(15)8-5-4-6-9(21-3)11(8)23-12/h4-6,17H,7H2,1-3H3,(H3,16,18,22). The van der Waals surface area contributed by atoms with Crippen LogP contribution in [0.3, 0.4) is 0 Å². The molecule has 0 aliphatic rings. The van der Waals surface area contributed by atoms with Crippen molar-refractivity contribution in [2.75, 3.05) is 19.9 Å². The van der Waals surface area contributed by atoms with Crippen molar-refractivity contribution in [3.8, 4) is 5.75 Å². The number of sulfonamides is 1. The fourth-order valence-corrected chi connectivity index (χ4v) is 5.17. The summed E-state index contributed by atoms with van der Waals surface area (Å²) in [6.45, 7) is 1.54. The van der Waals surface area contributed by atoms with Crippen molar-refractivity contribution in [1.82, 2.24) is 10.0 Å². The summed E-state index contributed by atoms with van der Waals surface area (Å²) in [5, 5.41) is 2.96. The topological polar surface area (TPSA) is 93.5 Å². The van der Waals surface area contributed by atoms with Crippen LogP contribution in [0.15, 0.2) is 18.2 Å². The van der Waals surface area contributed by atoms with E-state index in [4.69, 9.17) is 22.7 Å². The monoisotopic (exact) mass is 391 g/mol. The maximum absolute atomic E-state index is 15.0. The van der Waals surface area contributed by atoms with Gasteiger partial charge >= 0.3 is 0 Å². The molecule has 6 nitrogen and oxygen atoms in total. The van der Waals surface area contributed by atoms with Crippen LogP contribution in [0.4, 0.5) is 4.39 Å². The van der Waals surface area contributed by atoms with Crippen molar-refractivity contribution in [2.24, 2.45) is 5.73 Å². The summed E-state index contributed by atoms with van der Waals surface area (Å²) in [6.07, 6.45) is 0. The first-order chi connectivity index (χ1) is 11.1. The number of halogens is 1. The van der Waals surface area contributed by atoms with Crippen molar-refractivity contribution in [1.29, 1.82) is 0 Å². The van der Waals surface area contributed by atoms with E-state index in [9.17, 15) is 12.8 Å². The Morgan fingerprint density at radius 2 is 2.17 bits per heavy atom. The van der Waals surface area contributed by atoms with Gasteiger partial charge in [-0.3, -0.25) is 0 Å². The largest absolute Gasteiger partial charge is 0.495 e. The summed E-state index contributed by atoms with van der Waals surface area (Å²) < 4.78 is 47.1. The molecule has 132 valence electrons. The Hall–Kier alpha value is -1.49. The number of methoxy groups -OCH3 is 1. The minimum absolute atomic E-state index is 0.118. The molecule has 0 bridgehead atoms. The van der Waals surface area contributed by atoms with Crippen LogP contribution >= 0.6 is 23.6 Å². The van der Waals surface area contributed by atoms with E-state index in [2.05, 4.69) is 10.0 Å². The zero-order chi connectivity index (χ0) is 18.1. The highest BCUT2D eigenvalue weighted by Crippen LogP contribution is 2.41. The molecule has 2 rings (SSSR count). The molecular formula is C14H18FN3O3S3.